The van der Waals surface area contributed by atoms with Crippen LogP contribution in [0.15, 0.2) is 51.7 Å². The standard InChI is InChI=1S/C22H23N3O4/c1-22(2,3)24-20(26)28-17(13-23)11-14-5-7-15(8-6-14)16-9-10-19-18(12-16)25(4)21(27)29-19/h5-10,12,17H,11H2,1-4H3,(H,24,26)/t17-/m0/s1. The van der Waals surface area contributed by atoms with Crippen molar-refractivity contribution in [3.8, 4) is 17.2 Å². The van der Waals surface area contributed by atoms with Crippen LogP contribution in [-0.2, 0) is 18.2 Å². The van der Waals surface area contributed by atoms with Gasteiger partial charge in [-0.3, -0.25) is 4.57 Å². The zero-order valence-corrected chi connectivity index (χ0v) is 16.9. The van der Waals surface area contributed by atoms with Gasteiger partial charge in [-0.05, 0) is 49.6 Å². The summed E-state index contributed by atoms with van der Waals surface area (Å²) in [5.74, 6) is -0.398. The third-order valence-corrected chi connectivity index (χ3v) is 4.37. The first-order chi connectivity index (χ1) is 13.7. The minimum absolute atomic E-state index is 0.295. The molecule has 7 heteroatoms. The first-order valence-corrected chi connectivity index (χ1v) is 9.23. The summed E-state index contributed by atoms with van der Waals surface area (Å²) in [4.78, 5) is 23.5. The maximum absolute atomic E-state index is 11.9. The van der Waals surface area contributed by atoms with Crippen LogP contribution >= 0.6 is 0 Å². The molecule has 1 amide bonds. The van der Waals surface area contributed by atoms with Crippen molar-refractivity contribution in [3.63, 3.8) is 0 Å². The Kier molecular flexibility index (Phi) is 5.46. The number of carbonyl (C=O) groups is 1. The Hall–Kier alpha value is -3.53. The van der Waals surface area contributed by atoms with Crippen LogP contribution < -0.4 is 11.1 Å². The molecule has 1 atom stereocenters. The van der Waals surface area contributed by atoms with Gasteiger partial charge in [0.15, 0.2) is 11.7 Å². The molecule has 0 radical (unpaired) electrons. The number of rotatable bonds is 4. The molecule has 2 aromatic carbocycles. The summed E-state index contributed by atoms with van der Waals surface area (Å²) in [5.41, 5.74) is 3.61. The van der Waals surface area contributed by atoms with Gasteiger partial charge < -0.3 is 14.5 Å². The van der Waals surface area contributed by atoms with E-state index < -0.39 is 23.5 Å². The molecule has 0 saturated carbocycles. The van der Waals surface area contributed by atoms with E-state index >= 15 is 0 Å². The molecule has 150 valence electrons. The van der Waals surface area contributed by atoms with Gasteiger partial charge in [-0.2, -0.15) is 5.26 Å². The number of nitrogens with one attached hydrogen (secondary N) is 1. The average molecular weight is 393 g/mol. The molecule has 0 aliphatic heterocycles. The third-order valence-electron chi connectivity index (χ3n) is 4.37. The van der Waals surface area contributed by atoms with Crippen molar-refractivity contribution >= 4 is 17.2 Å². The van der Waals surface area contributed by atoms with Crippen molar-refractivity contribution in [2.45, 2.75) is 38.8 Å². The minimum atomic E-state index is -0.875. The van der Waals surface area contributed by atoms with E-state index in [1.165, 1.54) is 4.57 Å². The van der Waals surface area contributed by atoms with Gasteiger partial charge in [-0.15, -0.1) is 0 Å². The number of benzene rings is 2. The van der Waals surface area contributed by atoms with Gasteiger partial charge >= 0.3 is 11.8 Å². The van der Waals surface area contributed by atoms with Gasteiger partial charge in [0, 0.05) is 19.0 Å². The number of nitrogens with zero attached hydrogens (tertiary/aromatic N) is 2. The van der Waals surface area contributed by atoms with Crippen molar-refractivity contribution in [2.24, 2.45) is 7.05 Å². The maximum Gasteiger partial charge on any atom is 0.419 e. The fraction of sp³-hybridized carbons (Fsp3) is 0.318. The summed E-state index contributed by atoms with van der Waals surface area (Å²) in [7, 11) is 1.67. The van der Waals surface area contributed by atoms with E-state index in [0.29, 0.717) is 12.0 Å². The second-order valence-electron chi connectivity index (χ2n) is 7.91. The van der Waals surface area contributed by atoms with E-state index in [1.54, 1.807) is 13.1 Å². The SMILES string of the molecule is Cn1c(=O)oc2ccc(-c3ccc(C[C@@H](C#N)OC(=O)NC(C)(C)C)cc3)cc21. The van der Waals surface area contributed by atoms with Crippen LogP contribution in [0.5, 0.6) is 0 Å². The Morgan fingerprint density at radius 2 is 1.86 bits per heavy atom. The highest BCUT2D eigenvalue weighted by Gasteiger charge is 2.19. The molecule has 0 aliphatic carbocycles. The van der Waals surface area contributed by atoms with Crippen LogP contribution in [0, 0.1) is 11.3 Å². The van der Waals surface area contributed by atoms with Gasteiger partial charge in [0.25, 0.3) is 0 Å². The highest BCUT2D eigenvalue weighted by atomic mass is 16.6. The monoisotopic (exact) mass is 393 g/mol. The van der Waals surface area contributed by atoms with Crippen LogP contribution in [0.4, 0.5) is 4.79 Å². The van der Waals surface area contributed by atoms with Crippen molar-refractivity contribution < 1.29 is 13.9 Å². The van der Waals surface area contributed by atoms with E-state index in [1.807, 2.05) is 63.2 Å². The molecule has 7 nitrogen and oxygen atoms in total. The summed E-state index contributed by atoms with van der Waals surface area (Å²) in [6.07, 6.45) is -1.19. The summed E-state index contributed by atoms with van der Waals surface area (Å²) in [6.45, 7) is 5.52. The van der Waals surface area contributed by atoms with Crippen LogP contribution in [-0.4, -0.2) is 22.3 Å². The van der Waals surface area contributed by atoms with Crippen molar-refractivity contribution in [1.29, 1.82) is 5.26 Å². The zero-order valence-electron chi connectivity index (χ0n) is 16.9. The molecule has 0 aliphatic rings. The summed E-state index contributed by atoms with van der Waals surface area (Å²) >= 11 is 0. The molecule has 3 rings (SSSR count). The van der Waals surface area contributed by atoms with E-state index in [9.17, 15) is 14.9 Å². The number of hydrogen-bond acceptors (Lipinski definition) is 5. The molecule has 1 N–H and O–H groups in total. The number of aromatic nitrogens is 1. The number of hydrogen-bond donors (Lipinski definition) is 1. The number of fused-ring (bicyclic) bond motifs is 1. The second kappa shape index (κ2) is 7.84. The molecule has 3 aromatic rings. The van der Waals surface area contributed by atoms with Gasteiger partial charge in [-0.1, -0.05) is 30.3 Å². The third kappa shape index (κ3) is 4.85. The van der Waals surface area contributed by atoms with Crippen LogP contribution in [0.25, 0.3) is 22.2 Å². The molecule has 29 heavy (non-hydrogen) atoms. The van der Waals surface area contributed by atoms with Crippen LogP contribution in [0.2, 0.25) is 0 Å². The Morgan fingerprint density at radius 1 is 1.21 bits per heavy atom. The Bertz CT molecular complexity index is 1130. The van der Waals surface area contributed by atoms with Crippen molar-refractivity contribution in [1.82, 2.24) is 9.88 Å². The summed E-state index contributed by atoms with van der Waals surface area (Å²) in [5, 5.41) is 12.0. The van der Waals surface area contributed by atoms with E-state index in [2.05, 4.69) is 5.32 Å². The molecular weight excluding hydrogens is 370 g/mol. The van der Waals surface area contributed by atoms with E-state index in [-0.39, 0.29) is 0 Å². The maximum atomic E-state index is 11.9. The number of ether oxygens (including phenoxy) is 1. The minimum Gasteiger partial charge on any atom is -0.430 e. The van der Waals surface area contributed by atoms with Gasteiger partial charge in [0.1, 0.15) is 6.07 Å². The highest BCUT2D eigenvalue weighted by molar-refractivity contribution is 5.80. The Morgan fingerprint density at radius 3 is 2.48 bits per heavy atom. The van der Waals surface area contributed by atoms with Gasteiger partial charge in [-0.25, -0.2) is 9.59 Å². The second-order valence-corrected chi connectivity index (χ2v) is 7.91. The van der Waals surface area contributed by atoms with E-state index in [4.69, 9.17) is 9.15 Å². The van der Waals surface area contributed by atoms with Crippen molar-refractivity contribution in [3.05, 3.63) is 58.6 Å². The molecule has 0 bridgehead atoms. The fourth-order valence-electron chi connectivity index (χ4n) is 2.93. The zero-order chi connectivity index (χ0) is 21.2. The number of nitriles is 1. The first-order valence-electron chi connectivity index (χ1n) is 9.23. The Balaban J connectivity index is 1.73. The highest BCUT2D eigenvalue weighted by Crippen LogP contribution is 2.24. The lowest BCUT2D eigenvalue weighted by Crippen LogP contribution is -2.42. The molecular formula is C22H23N3O4. The molecule has 0 fully saturated rings. The molecule has 0 unspecified atom stereocenters. The normalized spacial score (nSPS) is 12.4. The van der Waals surface area contributed by atoms with E-state index in [0.717, 1.165) is 22.2 Å². The quantitative estimate of drug-likeness (QED) is 0.728. The molecule has 1 heterocycles. The van der Waals surface area contributed by atoms with Crippen molar-refractivity contribution in [2.75, 3.05) is 0 Å². The predicted octanol–water partition coefficient (Wildman–Crippen LogP) is 3.76. The van der Waals surface area contributed by atoms with Gasteiger partial charge in [0.05, 0.1) is 5.52 Å². The molecule has 0 saturated heterocycles. The summed E-state index contributed by atoms with van der Waals surface area (Å²) in [6, 6.07) is 15.2. The number of aryl methyl sites for hydroxylation is 1. The number of oxazole rings is 1. The lowest BCUT2D eigenvalue weighted by Gasteiger charge is -2.21. The Labute approximate surface area is 168 Å². The average Bonchev–Trinajstić information content (AvgIpc) is 2.94. The van der Waals surface area contributed by atoms with Crippen LogP contribution in [0.1, 0.15) is 26.3 Å². The van der Waals surface area contributed by atoms with Crippen LogP contribution in [0.3, 0.4) is 0 Å². The lowest BCUT2D eigenvalue weighted by atomic mass is 10.0. The topological polar surface area (TPSA) is 97.3 Å². The predicted molar refractivity (Wildman–Crippen MR) is 109 cm³/mol. The fourth-order valence-corrected chi connectivity index (χ4v) is 2.93. The lowest BCUT2D eigenvalue weighted by molar-refractivity contribution is 0.115. The number of alkyl carbamates (subject to hydrolysis) is 1. The largest absolute Gasteiger partial charge is 0.430 e. The smallest absolute Gasteiger partial charge is 0.419 e. The summed E-state index contributed by atoms with van der Waals surface area (Å²) < 4.78 is 11.8. The first kappa shape index (κ1) is 20.2. The van der Waals surface area contributed by atoms with Gasteiger partial charge in [0.2, 0.25) is 0 Å². The molecule has 1 aromatic heterocycles. The number of carbonyl (C=O) groups excluding carboxylic acids is 1. The molecule has 0 spiro atoms. The number of amides is 1.